The molecule has 0 aromatic heterocycles. The molecule has 1 aliphatic carbocycles. The van der Waals surface area contributed by atoms with Gasteiger partial charge in [-0.1, -0.05) is 36.4 Å². The van der Waals surface area contributed by atoms with Gasteiger partial charge < -0.3 is 10.2 Å². The van der Waals surface area contributed by atoms with Crippen LogP contribution in [0.15, 0.2) is 54.6 Å². The number of fused-ring (bicyclic) bond motifs is 1. The molecule has 2 nitrogen and oxygen atoms in total. The first-order valence-electron chi connectivity index (χ1n) is 7.95. The maximum atomic E-state index is 14.7. The molecule has 0 fully saturated rings. The van der Waals surface area contributed by atoms with E-state index >= 15 is 0 Å². The molecule has 4 rings (SSSR count). The molecule has 0 amide bonds. The van der Waals surface area contributed by atoms with Crippen molar-refractivity contribution < 1.29 is 23.4 Å². The lowest BCUT2D eigenvalue weighted by molar-refractivity contribution is 0.395. The summed E-state index contributed by atoms with van der Waals surface area (Å²) < 4.78 is 42.4. The molecule has 3 aromatic carbocycles. The number of allylic oxidation sites excluding steroid dienone is 1. The third-order valence-corrected chi connectivity index (χ3v) is 4.55. The van der Waals surface area contributed by atoms with Gasteiger partial charge in [0.2, 0.25) is 0 Å². The minimum atomic E-state index is -1.04. The number of aromatic hydroxyl groups is 2. The van der Waals surface area contributed by atoms with Crippen molar-refractivity contribution in [1.29, 1.82) is 0 Å². The summed E-state index contributed by atoms with van der Waals surface area (Å²) in [5, 5.41) is 19.1. The highest BCUT2D eigenvalue weighted by Gasteiger charge is 2.30. The minimum Gasteiger partial charge on any atom is -0.505 e. The van der Waals surface area contributed by atoms with Crippen molar-refractivity contribution in [2.75, 3.05) is 0 Å². The second-order valence-electron chi connectivity index (χ2n) is 6.12. The number of hydrogen-bond donors (Lipinski definition) is 2. The molecule has 0 atom stereocenters. The van der Waals surface area contributed by atoms with Crippen molar-refractivity contribution >= 4 is 11.1 Å². The molecule has 1 aliphatic rings. The van der Waals surface area contributed by atoms with Crippen LogP contribution in [0.3, 0.4) is 0 Å². The lowest BCUT2D eigenvalue weighted by atomic mass is 9.94. The minimum absolute atomic E-state index is 0.110. The summed E-state index contributed by atoms with van der Waals surface area (Å²) in [6.07, 6.45) is 0.178. The zero-order valence-corrected chi connectivity index (χ0v) is 13.4. The van der Waals surface area contributed by atoms with Crippen LogP contribution >= 0.6 is 0 Å². The van der Waals surface area contributed by atoms with E-state index in [9.17, 15) is 23.4 Å². The van der Waals surface area contributed by atoms with Gasteiger partial charge in [0.25, 0.3) is 0 Å². The number of rotatable bonds is 2. The molecule has 0 radical (unpaired) electrons. The third kappa shape index (κ3) is 2.44. The predicted octanol–water partition coefficient (Wildman–Crippen LogP) is 5.03. The Morgan fingerprint density at radius 3 is 2.19 bits per heavy atom. The van der Waals surface area contributed by atoms with Gasteiger partial charge in [0, 0.05) is 5.56 Å². The van der Waals surface area contributed by atoms with E-state index < -0.39 is 29.0 Å². The van der Waals surface area contributed by atoms with Gasteiger partial charge in [0.1, 0.15) is 0 Å². The average molecular weight is 354 g/mol. The number of phenols is 2. The fourth-order valence-corrected chi connectivity index (χ4v) is 3.36. The standard InChI is InChI=1S/C21H13F3O2/c22-15-9-12(6-7-17(15)25)14-8-13-10-16(23)21(26)20(24)19(13)18(14)11-4-2-1-3-5-11/h1-7,9-10,25-26H,8H2. The van der Waals surface area contributed by atoms with Crippen LogP contribution < -0.4 is 0 Å². The molecule has 3 aromatic rings. The summed E-state index contributed by atoms with van der Waals surface area (Å²) in [4.78, 5) is 0. The zero-order valence-electron chi connectivity index (χ0n) is 13.4. The van der Waals surface area contributed by atoms with Crippen molar-refractivity contribution in [2.45, 2.75) is 6.42 Å². The average Bonchev–Trinajstić information content (AvgIpc) is 3.02. The lowest BCUT2D eigenvalue weighted by Crippen LogP contribution is -1.95. The van der Waals surface area contributed by atoms with Crippen LogP contribution in [0.25, 0.3) is 11.1 Å². The molecule has 0 saturated heterocycles. The van der Waals surface area contributed by atoms with E-state index in [1.54, 1.807) is 30.3 Å². The largest absolute Gasteiger partial charge is 0.505 e. The van der Waals surface area contributed by atoms with Gasteiger partial charge in [0.15, 0.2) is 29.0 Å². The zero-order chi connectivity index (χ0) is 18.4. The van der Waals surface area contributed by atoms with E-state index in [0.29, 0.717) is 27.8 Å². The van der Waals surface area contributed by atoms with E-state index in [0.717, 1.165) is 12.1 Å². The first kappa shape index (κ1) is 16.3. The number of phenolic OH excluding ortho intramolecular Hbond substituents is 2. The second-order valence-corrected chi connectivity index (χ2v) is 6.12. The van der Waals surface area contributed by atoms with Gasteiger partial charge in [-0.2, -0.15) is 0 Å². The molecule has 5 heteroatoms. The Morgan fingerprint density at radius 2 is 1.50 bits per heavy atom. The molecule has 2 N–H and O–H groups in total. The van der Waals surface area contributed by atoms with Crippen LogP contribution in [0.1, 0.15) is 22.3 Å². The molecule has 0 saturated carbocycles. The third-order valence-electron chi connectivity index (χ3n) is 4.55. The highest BCUT2D eigenvalue weighted by atomic mass is 19.1. The summed E-state index contributed by atoms with van der Waals surface area (Å²) in [6, 6.07) is 13.9. The van der Waals surface area contributed by atoms with E-state index in [1.165, 1.54) is 12.1 Å². The molecule has 0 aliphatic heterocycles. The second kappa shape index (κ2) is 5.95. The highest BCUT2D eigenvalue weighted by molar-refractivity contribution is 6.04. The van der Waals surface area contributed by atoms with Crippen LogP contribution in [0.5, 0.6) is 11.5 Å². The van der Waals surface area contributed by atoms with Crippen LogP contribution in [-0.2, 0) is 6.42 Å². The Balaban J connectivity index is 2.03. The summed E-state index contributed by atoms with van der Waals surface area (Å²) in [6.45, 7) is 0. The quantitative estimate of drug-likeness (QED) is 0.678. The number of benzene rings is 3. The Labute approximate surface area is 147 Å². The van der Waals surface area contributed by atoms with E-state index in [2.05, 4.69) is 0 Å². The Morgan fingerprint density at radius 1 is 0.769 bits per heavy atom. The van der Waals surface area contributed by atoms with Crippen LogP contribution in [0.4, 0.5) is 13.2 Å². The summed E-state index contributed by atoms with van der Waals surface area (Å²) in [7, 11) is 0. The molecule has 0 spiro atoms. The van der Waals surface area contributed by atoms with E-state index in [1.807, 2.05) is 0 Å². The molecule has 0 heterocycles. The fourth-order valence-electron chi connectivity index (χ4n) is 3.36. The van der Waals surface area contributed by atoms with Crippen molar-refractivity contribution in [3.63, 3.8) is 0 Å². The maximum absolute atomic E-state index is 14.7. The normalized spacial score (nSPS) is 13.2. The van der Waals surface area contributed by atoms with E-state index in [4.69, 9.17) is 0 Å². The van der Waals surface area contributed by atoms with Crippen LogP contribution in [0, 0.1) is 17.5 Å². The van der Waals surface area contributed by atoms with Gasteiger partial charge in [-0.15, -0.1) is 0 Å². The molecule has 0 unspecified atom stereocenters. The van der Waals surface area contributed by atoms with Gasteiger partial charge in [-0.25, -0.2) is 13.2 Å². The Kier molecular flexibility index (Phi) is 3.72. The molecular formula is C21H13F3O2. The van der Waals surface area contributed by atoms with Gasteiger partial charge >= 0.3 is 0 Å². The fraction of sp³-hybridized carbons (Fsp3) is 0.0476. The predicted molar refractivity (Wildman–Crippen MR) is 92.1 cm³/mol. The Hall–Kier alpha value is -3.21. The first-order valence-corrected chi connectivity index (χ1v) is 7.95. The number of hydrogen-bond acceptors (Lipinski definition) is 2. The summed E-state index contributed by atoms with van der Waals surface area (Å²) in [5.41, 5.74) is 2.67. The molecule has 130 valence electrons. The number of halogens is 3. The van der Waals surface area contributed by atoms with Gasteiger partial charge in [-0.3, -0.25) is 0 Å². The van der Waals surface area contributed by atoms with Crippen molar-refractivity contribution in [3.8, 4) is 11.5 Å². The van der Waals surface area contributed by atoms with Crippen molar-refractivity contribution in [1.82, 2.24) is 0 Å². The summed E-state index contributed by atoms with van der Waals surface area (Å²) in [5.74, 6) is -4.39. The SMILES string of the molecule is Oc1ccc(C2=C(c3ccccc3)c3c(cc(F)c(O)c3F)C2)cc1F. The van der Waals surface area contributed by atoms with E-state index in [-0.39, 0.29) is 12.0 Å². The Bertz CT molecular complexity index is 1060. The topological polar surface area (TPSA) is 40.5 Å². The van der Waals surface area contributed by atoms with Crippen LogP contribution in [-0.4, -0.2) is 10.2 Å². The first-order chi connectivity index (χ1) is 12.5. The lowest BCUT2D eigenvalue weighted by Gasteiger charge is -2.11. The van der Waals surface area contributed by atoms with Crippen molar-refractivity contribution in [2.24, 2.45) is 0 Å². The van der Waals surface area contributed by atoms with Gasteiger partial charge in [0.05, 0.1) is 0 Å². The summed E-state index contributed by atoms with van der Waals surface area (Å²) >= 11 is 0. The van der Waals surface area contributed by atoms with Crippen molar-refractivity contribution in [3.05, 3.63) is 94.3 Å². The van der Waals surface area contributed by atoms with Crippen LogP contribution in [0.2, 0.25) is 0 Å². The smallest absolute Gasteiger partial charge is 0.188 e. The molecule has 26 heavy (non-hydrogen) atoms. The highest BCUT2D eigenvalue weighted by Crippen LogP contribution is 2.46. The van der Waals surface area contributed by atoms with Gasteiger partial charge in [-0.05, 0) is 52.5 Å². The molecule has 0 bridgehead atoms. The maximum Gasteiger partial charge on any atom is 0.188 e. The molecular weight excluding hydrogens is 341 g/mol. The monoisotopic (exact) mass is 354 g/mol.